The first-order chi connectivity index (χ1) is 13.2. The predicted molar refractivity (Wildman–Crippen MR) is 98.6 cm³/mol. The van der Waals surface area contributed by atoms with Gasteiger partial charge in [0.25, 0.3) is 15.9 Å². The van der Waals surface area contributed by atoms with Crippen LogP contribution in [-0.2, 0) is 16.2 Å². The average Bonchev–Trinajstić information content (AvgIpc) is 2.68. The number of benzene rings is 2. The molecule has 1 amide bonds. The maximum atomic E-state index is 13.1. The second kappa shape index (κ2) is 7.83. The van der Waals surface area contributed by atoms with E-state index in [2.05, 4.69) is 4.90 Å². The SMILES string of the molecule is O=C(NS(=O)(=O)c1ccccc1C(F)(F)F)c1cccc(N2CCCCC2)c1. The highest BCUT2D eigenvalue weighted by Gasteiger charge is 2.37. The van der Waals surface area contributed by atoms with Crippen LogP contribution in [0.3, 0.4) is 0 Å². The van der Waals surface area contributed by atoms with Crippen molar-refractivity contribution in [3.05, 3.63) is 59.7 Å². The van der Waals surface area contributed by atoms with Crippen LogP contribution in [0.2, 0.25) is 0 Å². The summed E-state index contributed by atoms with van der Waals surface area (Å²) in [5, 5.41) is 0. The number of halogens is 3. The highest BCUT2D eigenvalue weighted by atomic mass is 32.2. The molecule has 3 rings (SSSR count). The van der Waals surface area contributed by atoms with Crippen LogP contribution in [0, 0.1) is 0 Å². The Labute approximate surface area is 161 Å². The molecule has 28 heavy (non-hydrogen) atoms. The molecule has 0 bridgehead atoms. The van der Waals surface area contributed by atoms with E-state index < -0.39 is 32.6 Å². The highest BCUT2D eigenvalue weighted by Crippen LogP contribution is 2.34. The summed E-state index contributed by atoms with van der Waals surface area (Å²) in [6.45, 7) is 1.67. The molecule has 1 aliphatic rings. The molecule has 0 radical (unpaired) electrons. The van der Waals surface area contributed by atoms with Crippen LogP contribution in [0.4, 0.5) is 18.9 Å². The molecule has 5 nitrogen and oxygen atoms in total. The van der Waals surface area contributed by atoms with Gasteiger partial charge in [0.15, 0.2) is 0 Å². The number of hydrogen-bond acceptors (Lipinski definition) is 4. The zero-order valence-corrected chi connectivity index (χ0v) is 15.7. The largest absolute Gasteiger partial charge is 0.417 e. The zero-order valence-electron chi connectivity index (χ0n) is 14.9. The van der Waals surface area contributed by atoms with E-state index in [-0.39, 0.29) is 5.56 Å². The fourth-order valence-corrected chi connectivity index (χ4v) is 4.37. The Morgan fingerprint density at radius 3 is 2.32 bits per heavy atom. The summed E-state index contributed by atoms with van der Waals surface area (Å²) >= 11 is 0. The molecule has 0 atom stereocenters. The number of nitrogens with one attached hydrogen (secondary N) is 1. The highest BCUT2D eigenvalue weighted by molar-refractivity contribution is 7.90. The molecule has 1 heterocycles. The van der Waals surface area contributed by atoms with Gasteiger partial charge in [-0.2, -0.15) is 13.2 Å². The number of carbonyl (C=O) groups excluding carboxylic acids is 1. The van der Waals surface area contributed by atoms with Crippen LogP contribution in [-0.4, -0.2) is 27.4 Å². The van der Waals surface area contributed by atoms with E-state index in [0.29, 0.717) is 6.07 Å². The summed E-state index contributed by atoms with van der Waals surface area (Å²) in [6, 6.07) is 10.2. The van der Waals surface area contributed by atoms with Crippen molar-refractivity contribution in [1.82, 2.24) is 4.72 Å². The molecular formula is C19H19F3N2O3S. The minimum Gasteiger partial charge on any atom is -0.372 e. The molecule has 0 spiro atoms. The van der Waals surface area contributed by atoms with Gasteiger partial charge in [-0.15, -0.1) is 0 Å². The lowest BCUT2D eigenvalue weighted by atomic mass is 10.1. The normalized spacial score (nSPS) is 15.3. The first kappa shape index (κ1) is 20.2. The number of amides is 1. The topological polar surface area (TPSA) is 66.5 Å². The fraction of sp³-hybridized carbons (Fsp3) is 0.316. The summed E-state index contributed by atoms with van der Waals surface area (Å²) in [5.74, 6) is -0.976. The lowest BCUT2D eigenvalue weighted by Gasteiger charge is -2.29. The number of carbonyl (C=O) groups is 1. The van der Waals surface area contributed by atoms with Gasteiger partial charge in [0.2, 0.25) is 0 Å². The van der Waals surface area contributed by atoms with Crippen molar-refractivity contribution < 1.29 is 26.4 Å². The molecule has 150 valence electrons. The second-order valence-electron chi connectivity index (χ2n) is 6.53. The molecule has 0 unspecified atom stereocenters. The lowest BCUT2D eigenvalue weighted by Crippen LogP contribution is -2.33. The molecule has 1 aliphatic heterocycles. The molecule has 0 saturated carbocycles. The van der Waals surface area contributed by atoms with E-state index in [1.54, 1.807) is 16.9 Å². The molecule has 2 aromatic carbocycles. The van der Waals surface area contributed by atoms with E-state index >= 15 is 0 Å². The van der Waals surface area contributed by atoms with Gasteiger partial charge in [-0.1, -0.05) is 18.2 Å². The van der Waals surface area contributed by atoms with E-state index in [1.807, 2.05) is 6.07 Å². The summed E-state index contributed by atoms with van der Waals surface area (Å²) < 4.78 is 65.9. The minimum atomic E-state index is -4.86. The van der Waals surface area contributed by atoms with Crippen molar-refractivity contribution in [2.75, 3.05) is 18.0 Å². The van der Waals surface area contributed by atoms with Crippen molar-refractivity contribution in [3.63, 3.8) is 0 Å². The monoisotopic (exact) mass is 412 g/mol. The van der Waals surface area contributed by atoms with Crippen LogP contribution >= 0.6 is 0 Å². The van der Waals surface area contributed by atoms with Gasteiger partial charge < -0.3 is 4.90 Å². The molecule has 9 heteroatoms. The fourth-order valence-electron chi connectivity index (χ4n) is 3.17. The molecule has 1 saturated heterocycles. The van der Waals surface area contributed by atoms with Crippen molar-refractivity contribution >= 4 is 21.6 Å². The van der Waals surface area contributed by atoms with E-state index in [4.69, 9.17) is 0 Å². The van der Waals surface area contributed by atoms with Crippen LogP contribution in [0.25, 0.3) is 0 Å². The minimum absolute atomic E-state index is 0.0659. The lowest BCUT2D eigenvalue weighted by molar-refractivity contribution is -0.139. The number of alkyl halides is 3. The first-order valence-corrected chi connectivity index (χ1v) is 10.3. The van der Waals surface area contributed by atoms with Crippen LogP contribution in [0.1, 0.15) is 35.2 Å². The smallest absolute Gasteiger partial charge is 0.372 e. The standard InChI is InChI=1S/C19H19F3N2O3S/c20-19(21,22)16-9-2-3-10-17(16)28(26,27)23-18(25)14-7-6-8-15(13-14)24-11-4-1-5-12-24/h2-3,6-10,13H,1,4-5,11-12H2,(H,23,25). The zero-order chi connectivity index (χ0) is 20.4. The van der Waals surface area contributed by atoms with Crippen molar-refractivity contribution in [2.24, 2.45) is 0 Å². The number of rotatable bonds is 4. The van der Waals surface area contributed by atoms with Gasteiger partial charge in [-0.25, -0.2) is 13.1 Å². The van der Waals surface area contributed by atoms with Gasteiger partial charge in [0, 0.05) is 24.3 Å². The van der Waals surface area contributed by atoms with Crippen molar-refractivity contribution in [2.45, 2.75) is 30.3 Å². The summed E-state index contributed by atoms with van der Waals surface area (Å²) in [6.07, 6.45) is -1.67. The third kappa shape index (κ3) is 4.46. The number of nitrogens with zero attached hydrogens (tertiary/aromatic N) is 1. The second-order valence-corrected chi connectivity index (χ2v) is 8.18. The number of piperidine rings is 1. The van der Waals surface area contributed by atoms with Gasteiger partial charge in [0.05, 0.1) is 10.5 Å². The molecule has 0 aliphatic carbocycles. The van der Waals surface area contributed by atoms with Gasteiger partial charge >= 0.3 is 6.18 Å². The Morgan fingerprint density at radius 1 is 0.964 bits per heavy atom. The van der Waals surface area contributed by atoms with Gasteiger partial charge in [0.1, 0.15) is 0 Å². The van der Waals surface area contributed by atoms with Gasteiger partial charge in [-0.05, 0) is 49.6 Å². The third-order valence-corrected chi connectivity index (χ3v) is 5.93. The Hall–Kier alpha value is -2.55. The molecule has 2 aromatic rings. The van der Waals surface area contributed by atoms with Gasteiger partial charge in [-0.3, -0.25) is 4.79 Å². The molecular weight excluding hydrogens is 393 g/mol. The molecule has 1 fully saturated rings. The number of sulfonamides is 1. The third-order valence-electron chi connectivity index (χ3n) is 4.54. The van der Waals surface area contributed by atoms with Crippen LogP contribution in [0.5, 0.6) is 0 Å². The summed E-state index contributed by atoms with van der Waals surface area (Å²) in [7, 11) is -4.69. The quantitative estimate of drug-likeness (QED) is 0.829. The summed E-state index contributed by atoms with van der Waals surface area (Å²) in [5.41, 5.74) is -0.478. The number of hydrogen-bond donors (Lipinski definition) is 1. The Kier molecular flexibility index (Phi) is 5.64. The molecule has 1 N–H and O–H groups in total. The van der Waals surface area contributed by atoms with E-state index in [9.17, 15) is 26.4 Å². The Balaban J connectivity index is 1.85. The first-order valence-electron chi connectivity index (χ1n) is 8.77. The average molecular weight is 412 g/mol. The predicted octanol–water partition coefficient (Wildman–Crippen LogP) is 3.81. The van der Waals surface area contributed by atoms with Crippen LogP contribution in [0.15, 0.2) is 53.4 Å². The summed E-state index contributed by atoms with van der Waals surface area (Å²) in [4.78, 5) is 13.5. The van der Waals surface area contributed by atoms with Crippen molar-refractivity contribution in [3.8, 4) is 0 Å². The maximum absolute atomic E-state index is 13.1. The Bertz CT molecular complexity index is 968. The van der Waals surface area contributed by atoms with E-state index in [0.717, 1.165) is 50.2 Å². The van der Waals surface area contributed by atoms with Crippen molar-refractivity contribution in [1.29, 1.82) is 0 Å². The maximum Gasteiger partial charge on any atom is 0.417 e. The molecule has 0 aromatic heterocycles. The van der Waals surface area contributed by atoms with Crippen LogP contribution < -0.4 is 9.62 Å². The number of anilines is 1. The Morgan fingerprint density at radius 2 is 1.64 bits per heavy atom. The van der Waals surface area contributed by atoms with E-state index in [1.165, 1.54) is 12.1 Å².